The molecule has 0 bridgehead atoms. The quantitative estimate of drug-likeness (QED) is 0.160. The van der Waals surface area contributed by atoms with Gasteiger partial charge >= 0.3 is 0 Å². The van der Waals surface area contributed by atoms with E-state index in [-0.39, 0.29) is 16.2 Å². The molecule has 472 valence electrons. The normalized spacial score (nSPS) is 14.3. The molecular formula is C94H66N6. The number of fused-ring (bicyclic) bond motifs is 19. The molecule has 0 saturated carbocycles. The third-order valence-electron chi connectivity index (χ3n) is 23.2. The van der Waals surface area contributed by atoms with Crippen molar-refractivity contribution in [3.05, 3.63) is 325 Å². The fourth-order valence-corrected chi connectivity index (χ4v) is 18.2. The van der Waals surface area contributed by atoms with Gasteiger partial charge in [-0.25, -0.2) is 0 Å². The lowest BCUT2D eigenvalue weighted by atomic mass is 9.82. The van der Waals surface area contributed by atoms with E-state index in [9.17, 15) is 0 Å². The van der Waals surface area contributed by atoms with Crippen molar-refractivity contribution >= 4 is 76.2 Å². The van der Waals surface area contributed by atoms with E-state index in [0.717, 1.165) is 87.8 Å². The predicted molar refractivity (Wildman–Crippen MR) is 415 cm³/mol. The zero-order chi connectivity index (χ0) is 66.7. The lowest BCUT2D eigenvalue weighted by molar-refractivity contribution is 0.660. The second kappa shape index (κ2) is 20.4. The molecule has 3 aliphatic carbocycles. The SMILES string of the molecule is CC1(C)c2ccccc2-c2cc(-c3ccc4c(c3)c3ccccc3n4-c3nc(-c4ccc(-n5c6ccccc6c6cc(-c7ccc8c(c7)-c7ccccc7C8(C)C)ccc65)c5ccccc45)nc(-n4c5ccccc5c5cc(-c6ccc7c(c6)-c6ccccc6C7(C)C)ccc54)n3)ccc21. The van der Waals surface area contributed by atoms with Gasteiger partial charge in [-0.3, -0.25) is 9.13 Å². The van der Waals surface area contributed by atoms with Gasteiger partial charge in [-0.05, 0) is 190 Å². The number of hydrogen-bond donors (Lipinski definition) is 0. The van der Waals surface area contributed by atoms with Crippen LogP contribution >= 0.6 is 0 Å². The van der Waals surface area contributed by atoms with Gasteiger partial charge in [0.05, 0.1) is 38.8 Å². The van der Waals surface area contributed by atoms with E-state index in [2.05, 4.69) is 346 Å². The maximum atomic E-state index is 5.72. The van der Waals surface area contributed by atoms with Crippen molar-refractivity contribution in [2.75, 3.05) is 0 Å². The summed E-state index contributed by atoms with van der Waals surface area (Å²) >= 11 is 0. The van der Waals surface area contributed by atoms with Crippen LogP contribution in [0.15, 0.2) is 291 Å². The van der Waals surface area contributed by atoms with Gasteiger partial charge in [-0.15, -0.1) is 0 Å². The van der Waals surface area contributed by atoms with Crippen LogP contribution in [0.1, 0.15) is 74.9 Å². The Morgan fingerprint density at radius 1 is 0.210 bits per heavy atom. The van der Waals surface area contributed by atoms with E-state index >= 15 is 0 Å². The largest absolute Gasteiger partial charge is 0.309 e. The van der Waals surface area contributed by atoms with Crippen LogP contribution in [0.2, 0.25) is 0 Å². The number of hydrogen-bond acceptors (Lipinski definition) is 3. The summed E-state index contributed by atoms with van der Waals surface area (Å²) in [5.41, 5.74) is 31.3. The highest BCUT2D eigenvalue weighted by Crippen LogP contribution is 2.54. The van der Waals surface area contributed by atoms with Gasteiger partial charge in [-0.2, -0.15) is 15.0 Å². The third-order valence-corrected chi connectivity index (χ3v) is 23.2. The summed E-state index contributed by atoms with van der Waals surface area (Å²) in [6.07, 6.45) is 0. The minimum Gasteiger partial charge on any atom is -0.309 e. The first-order chi connectivity index (χ1) is 48.8. The van der Waals surface area contributed by atoms with Crippen LogP contribution in [0, 0.1) is 0 Å². The number of benzene rings is 14. The molecule has 100 heavy (non-hydrogen) atoms. The molecule has 14 aromatic carbocycles. The standard InChI is InChI=1S/C94H66N6/c1-92(2)76-29-15-9-22-62(76)70-49-55(35-42-79(70)92)58-38-45-86-73(52-58)66-26-12-18-32-82(66)98(86)85-48-41-69(61-21-7-8-25-65(61)85)89-95-90(99-83-33-19-13-27-67(83)74-53-59(39-46-87(74)99)56-36-43-80-71(50-56)63-23-10-16-30-77(63)93(80,3)4)97-91(96-89)100-84-34-20-14-28-68(84)75-54-60(40-47-88(75)100)57-37-44-81-72(51-57)64-24-11-17-31-78(64)94(81,5)6/h7-54H,1-6H3. The molecule has 3 aliphatic rings. The molecule has 6 nitrogen and oxygen atoms in total. The van der Waals surface area contributed by atoms with Gasteiger partial charge in [-0.1, -0.05) is 248 Å². The van der Waals surface area contributed by atoms with E-state index in [0.29, 0.717) is 17.7 Å². The molecule has 0 aliphatic heterocycles. The summed E-state index contributed by atoms with van der Waals surface area (Å²) in [6.45, 7) is 14.1. The lowest BCUT2D eigenvalue weighted by Gasteiger charge is -2.21. The molecule has 0 fully saturated rings. The summed E-state index contributed by atoms with van der Waals surface area (Å²) in [5.74, 6) is 1.63. The lowest BCUT2D eigenvalue weighted by Crippen LogP contribution is -2.14. The number of nitrogens with zero attached hydrogens (tertiary/aromatic N) is 6. The highest BCUT2D eigenvalue weighted by atomic mass is 15.3. The van der Waals surface area contributed by atoms with Crippen molar-refractivity contribution in [1.29, 1.82) is 0 Å². The Morgan fingerprint density at radius 3 is 0.920 bits per heavy atom. The van der Waals surface area contributed by atoms with Crippen LogP contribution < -0.4 is 0 Å². The molecule has 4 heterocycles. The van der Waals surface area contributed by atoms with Crippen molar-refractivity contribution in [3.63, 3.8) is 0 Å². The van der Waals surface area contributed by atoms with E-state index in [1.54, 1.807) is 0 Å². The van der Waals surface area contributed by atoms with Gasteiger partial charge < -0.3 is 4.57 Å². The van der Waals surface area contributed by atoms with Crippen molar-refractivity contribution < 1.29 is 0 Å². The average Bonchev–Trinajstić information content (AvgIpc) is 1.55. The molecule has 0 N–H and O–H groups in total. The molecule has 18 aromatic rings. The zero-order valence-electron chi connectivity index (χ0n) is 56.4. The molecule has 0 radical (unpaired) electrons. The van der Waals surface area contributed by atoms with E-state index in [4.69, 9.17) is 15.0 Å². The van der Waals surface area contributed by atoms with Gasteiger partial charge in [0.1, 0.15) is 0 Å². The molecule has 0 amide bonds. The van der Waals surface area contributed by atoms with Gasteiger partial charge in [0.15, 0.2) is 5.82 Å². The Bertz CT molecular complexity index is 6400. The molecule has 21 rings (SSSR count). The molecule has 0 spiro atoms. The van der Waals surface area contributed by atoms with E-state index < -0.39 is 0 Å². The number of rotatable bonds is 7. The van der Waals surface area contributed by atoms with Gasteiger partial charge in [0.2, 0.25) is 11.9 Å². The Hall–Kier alpha value is -12.3. The second-order valence-corrected chi connectivity index (χ2v) is 29.5. The van der Waals surface area contributed by atoms with Crippen LogP contribution in [0.25, 0.3) is 172 Å². The second-order valence-electron chi connectivity index (χ2n) is 29.5. The fraction of sp³-hybridized carbons (Fsp3) is 0.0957. The predicted octanol–water partition coefficient (Wildman–Crippen LogP) is 23.9. The first-order valence-corrected chi connectivity index (χ1v) is 35.0. The van der Waals surface area contributed by atoms with Crippen LogP contribution in [0.5, 0.6) is 0 Å². The summed E-state index contributed by atoms with van der Waals surface area (Å²) in [7, 11) is 0. The van der Waals surface area contributed by atoms with E-state index in [1.807, 2.05) is 0 Å². The van der Waals surface area contributed by atoms with Crippen LogP contribution in [0.4, 0.5) is 0 Å². The van der Waals surface area contributed by atoms with Gasteiger partial charge in [0.25, 0.3) is 0 Å². The topological polar surface area (TPSA) is 53.5 Å². The Labute approximate surface area is 579 Å². The smallest absolute Gasteiger partial charge is 0.240 e. The summed E-state index contributed by atoms with van der Waals surface area (Å²) in [4.78, 5) is 17.2. The Kier molecular flexibility index (Phi) is 11.6. The minimum absolute atomic E-state index is 0.0590. The molecular weight excluding hydrogens is 1210 g/mol. The number of para-hydroxylation sites is 3. The molecule has 0 atom stereocenters. The van der Waals surface area contributed by atoms with Crippen molar-refractivity contribution in [2.45, 2.75) is 57.8 Å². The highest BCUT2D eigenvalue weighted by molar-refractivity contribution is 6.14. The highest BCUT2D eigenvalue weighted by Gasteiger charge is 2.38. The van der Waals surface area contributed by atoms with Crippen LogP contribution in [0.3, 0.4) is 0 Å². The molecule has 4 aromatic heterocycles. The minimum atomic E-state index is -0.0806. The first-order valence-electron chi connectivity index (χ1n) is 35.0. The third kappa shape index (κ3) is 7.87. The van der Waals surface area contributed by atoms with Crippen molar-refractivity contribution in [1.82, 2.24) is 28.7 Å². The molecule has 0 saturated heterocycles. The first kappa shape index (κ1) is 56.9. The molecule has 6 heteroatoms. The van der Waals surface area contributed by atoms with Crippen LogP contribution in [-0.2, 0) is 16.2 Å². The Balaban J connectivity index is 0.754. The summed E-state index contributed by atoms with van der Waals surface area (Å²) in [5, 5.41) is 9.00. The van der Waals surface area contributed by atoms with E-state index in [1.165, 1.54) is 99.8 Å². The summed E-state index contributed by atoms with van der Waals surface area (Å²) < 4.78 is 6.97. The monoisotopic (exact) mass is 1280 g/mol. The Morgan fingerprint density at radius 2 is 0.510 bits per heavy atom. The fourth-order valence-electron chi connectivity index (χ4n) is 18.2. The number of aromatic nitrogens is 6. The van der Waals surface area contributed by atoms with Crippen molar-refractivity contribution in [2.24, 2.45) is 0 Å². The van der Waals surface area contributed by atoms with Crippen LogP contribution in [-0.4, -0.2) is 28.7 Å². The maximum absolute atomic E-state index is 5.72. The zero-order valence-corrected chi connectivity index (χ0v) is 56.4. The molecule has 0 unspecified atom stereocenters. The summed E-state index contributed by atoms with van der Waals surface area (Å²) in [6, 6.07) is 108. The maximum Gasteiger partial charge on any atom is 0.240 e. The van der Waals surface area contributed by atoms with Gasteiger partial charge in [0, 0.05) is 59.5 Å². The average molecular weight is 1280 g/mol. The van der Waals surface area contributed by atoms with Crippen molar-refractivity contribution in [3.8, 4) is 95.7 Å².